The van der Waals surface area contributed by atoms with Crippen LogP contribution in [0.25, 0.3) is 0 Å². The molecule has 1 saturated heterocycles. The minimum Gasteiger partial charge on any atom is -0.367 e. The van der Waals surface area contributed by atoms with Crippen LogP contribution < -0.4 is 9.80 Å². The minimum absolute atomic E-state index is 0.0407. The zero-order valence-corrected chi connectivity index (χ0v) is 15.3. The van der Waals surface area contributed by atoms with E-state index in [1.807, 2.05) is 55.1 Å². The van der Waals surface area contributed by atoms with E-state index >= 15 is 0 Å². The zero-order chi connectivity index (χ0) is 18.7. The van der Waals surface area contributed by atoms with Gasteiger partial charge in [-0.3, -0.25) is 4.79 Å². The van der Waals surface area contributed by atoms with Gasteiger partial charge in [-0.2, -0.15) is 5.26 Å². The Labute approximate surface area is 153 Å². The summed E-state index contributed by atoms with van der Waals surface area (Å²) in [7, 11) is 3.74. The monoisotopic (exact) mass is 350 g/mol. The quantitative estimate of drug-likeness (QED) is 0.838. The molecule has 7 heteroatoms. The van der Waals surface area contributed by atoms with Crippen LogP contribution in [0.3, 0.4) is 0 Å². The van der Waals surface area contributed by atoms with E-state index in [1.165, 1.54) is 0 Å². The Morgan fingerprint density at radius 2 is 1.88 bits per heavy atom. The summed E-state index contributed by atoms with van der Waals surface area (Å²) >= 11 is 0. The van der Waals surface area contributed by atoms with E-state index in [-0.39, 0.29) is 5.91 Å². The largest absolute Gasteiger partial charge is 0.367 e. The number of hydrogen-bond acceptors (Lipinski definition) is 6. The molecule has 0 bridgehead atoms. The fourth-order valence-corrected chi connectivity index (χ4v) is 3.04. The molecule has 2 heterocycles. The molecule has 7 nitrogen and oxygen atoms in total. The van der Waals surface area contributed by atoms with Gasteiger partial charge in [0, 0.05) is 46.5 Å². The van der Waals surface area contributed by atoms with Gasteiger partial charge in [-0.05, 0) is 19.1 Å². The fourth-order valence-electron chi connectivity index (χ4n) is 3.04. The van der Waals surface area contributed by atoms with Crippen molar-refractivity contribution in [3.63, 3.8) is 0 Å². The zero-order valence-electron chi connectivity index (χ0n) is 15.3. The summed E-state index contributed by atoms with van der Waals surface area (Å²) in [5, 5.41) is 9.27. The Balaban J connectivity index is 1.70. The van der Waals surface area contributed by atoms with Gasteiger partial charge < -0.3 is 14.7 Å². The molecule has 1 aromatic heterocycles. The van der Waals surface area contributed by atoms with Crippen LogP contribution in [-0.4, -0.2) is 61.0 Å². The Morgan fingerprint density at radius 1 is 1.19 bits per heavy atom. The van der Waals surface area contributed by atoms with Crippen molar-refractivity contribution in [2.24, 2.45) is 0 Å². The normalized spacial score (nSPS) is 14.1. The van der Waals surface area contributed by atoms with Crippen molar-refractivity contribution in [3.8, 4) is 6.07 Å². The summed E-state index contributed by atoms with van der Waals surface area (Å²) < 4.78 is 0. The lowest BCUT2D eigenvalue weighted by Gasteiger charge is -2.36. The van der Waals surface area contributed by atoms with Gasteiger partial charge in [-0.15, -0.1) is 0 Å². The second-order valence-corrected chi connectivity index (χ2v) is 6.47. The fraction of sp³-hybridized carbons (Fsp3) is 0.368. The van der Waals surface area contributed by atoms with E-state index in [0.29, 0.717) is 48.9 Å². The molecule has 1 fully saturated rings. The standard InChI is InChI=1S/C19H22N6O/c1-14-16(13-21-19(22-14)23(2)3)18(26)25-10-8-24(9-11-25)17-7-5-4-6-15(17)12-20/h4-7,13H,8-11H2,1-3H3. The lowest BCUT2D eigenvalue weighted by molar-refractivity contribution is 0.0745. The lowest BCUT2D eigenvalue weighted by atomic mass is 10.1. The molecule has 1 aromatic carbocycles. The van der Waals surface area contributed by atoms with Gasteiger partial charge >= 0.3 is 0 Å². The van der Waals surface area contributed by atoms with Gasteiger partial charge in [0.05, 0.1) is 22.5 Å². The molecule has 26 heavy (non-hydrogen) atoms. The highest BCUT2D eigenvalue weighted by atomic mass is 16.2. The summed E-state index contributed by atoms with van der Waals surface area (Å²) in [6.07, 6.45) is 1.61. The van der Waals surface area contributed by atoms with E-state index in [0.717, 1.165) is 5.69 Å². The summed E-state index contributed by atoms with van der Waals surface area (Å²) in [6, 6.07) is 9.80. The van der Waals surface area contributed by atoms with Gasteiger partial charge in [0.1, 0.15) is 6.07 Å². The Hall–Kier alpha value is -3.14. The van der Waals surface area contributed by atoms with Crippen molar-refractivity contribution in [2.75, 3.05) is 50.1 Å². The predicted octanol–water partition coefficient (Wildman–Crippen LogP) is 1.69. The number of aryl methyl sites for hydroxylation is 1. The summed E-state index contributed by atoms with van der Waals surface area (Å²) in [4.78, 5) is 27.3. The number of piperazine rings is 1. The van der Waals surface area contributed by atoms with E-state index < -0.39 is 0 Å². The number of amides is 1. The Morgan fingerprint density at radius 3 is 2.50 bits per heavy atom. The highest BCUT2D eigenvalue weighted by Gasteiger charge is 2.25. The van der Waals surface area contributed by atoms with E-state index in [4.69, 9.17) is 0 Å². The molecule has 0 saturated carbocycles. The molecule has 0 radical (unpaired) electrons. The second kappa shape index (κ2) is 7.40. The molecule has 0 aliphatic carbocycles. The van der Waals surface area contributed by atoms with Crippen LogP contribution in [0, 0.1) is 18.3 Å². The number of nitrogens with zero attached hydrogens (tertiary/aromatic N) is 6. The second-order valence-electron chi connectivity index (χ2n) is 6.47. The molecule has 0 N–H and O–H groups in total. The first-order valence-electron chi connectivity index (χ1n) is 8.55. The summed E-state index contributed by atoms with van der Waals surface area (Å²) in [6.45, 7) is 4.43. The predicted molar refractivity (Wildman–Crippen MR) is 100 cm³/mol. The SMILES string of the molecule is Cc1nc(N(C)C)ncc1C(=O)N1CCN(c2ccccc2C#N)CC1. The number of carbonyl (C=O) groups excluding carboxylic acids is 1. The van der Waals surface area contributed by atoms with E-state index in [2.05, 4.69) is 20.9 Å². The van der Waals surface area contributed by atoms with Gasteiger partial charge in [0.15, 0.2) is 0 Å². The average Bonchev–Trinajstić information content (AvgIpc) is 2.67. The molecular weight excluding hydrogens is 328 g/mol. The average molecular weight is 350 g/mol. The third-order valence-electron chi connectivity index (χ3n) is 4.53. The highest BCUT2D eigenvalue weighted by molar-refractivity contribution is 5.95. The number of hydrogen-bond donors (Lipinski definition) is 0. The first kappa shape index (κ1) is 17.7. The maximum Gasteiger partial charge on any atom is 0.257 e. The molecule has 134 valence electrons. The number of anilines is 2. The first-order chi connectivity index (χ1) is 12.5. The topological polar surface area (TPSA) is 76.4 Å². The molecule has 1 aliphatic rings. The van der Waals surface area contributed by atoms with Crippen LogP contribution in [-0.2, 0) is 0 Å². The van der Waals surface area contributed by atoms with Crippen molar-refractivity contribution in [1.82, 2.24) is 14.9 Å². The Kier molecular flexibility index (Phi) is 5.03. The van der Waals surface area contributed by atoms with Crippen LogP contribution in [0.1, 0.15) is 21.6 Å². The molecule has 1 amide bonds. The van der Waals surface area contributed by atoms with Gasteiger partial charge in [-0.1, -0.05) is 12.1 Å². The van der Waals surface area contributed by atoms with E-state index in [1.54, 1.807) is 6.20 Å². The molecular formula is C19H22N6O. The van der Waals surface area contributed by atoms with Crippen molar-refractivity contribution >= 4 is 17.5 Å². The Bertz CT molecular complexity index is 849. The maximum absolute atomic E-state index is 12.8. The number of aromatic nitrogens is 2. The van der Waals surface area contributed by atoms with Crippen LogP contribution in [0.4, 0.5) is 11.6 Å². The number of benzene rings is 1. The number of carbonyl (C=O) groups is 1. The third kappa shape index (κ3) is 3.45. The van der Waals surface area contributed by atoms with Gasteiger partial charge in [-0.25, -0.2) is 9.97 Å². The number of nitriles is 1. The maximum atomic E-state index is 12.8. The van der Waals surface area contributed by atoms with Crippen LogP contribution in [0.5, 0.6) is 0 Å². The minimum atomic E-state index is -0.0407. The molecule has 2 aromatic rings. The van der Waals surface area contributed by atoms with Gasteiger partial charge in [0.2, 0.25) is 5.95 Å². The first-order valence-corrected chi connectivity index (χ1v) is 8.55. The smallest absolute Gasteiger partial charge is 0.257 e. The van der Waals surface area contributed by atoms with Crippen molar-refractivity contribution in [3.05, 3.63) is 47.3 Å². The van der Waals surface area contributed by atoms with Crippen molar-refractivity contribution < 1.29 is 4.79 Å². The lowest BCUT2D eigenvalue weighted by Crippen LogP contribution is -2.49. The van der Waals surface area contributed by atoms with Crippen molar-refractivity contribution in [2.45, 2.75) is 6.92 Å². The van der Waals surface area contributed by atoms with Crippen LogP contribution in [0.2, 0.25) is 0 Å². The van der Waals surface area contributed by atoms with E-state index in [9.17, 15) is 10.1 Å². The van der Waals surface area contributed by atoms with Gasteiger partial charge in [0.25, 0.3) is 5.91 Å². The van der Waals surface area contributed by atoms with Crippen LogP contribution >= 0.6 is 0 Å². The molecule has 0 unspecified atom stereocenters. The third-order valence-corrected chi connectivity index (χ3v) is 4.53. The van der Waals surface area contributed by atoms with Crippen molar-refractivity contribution in [1.29, 1.82) is 5.26 Å². The molecule has 3 rings (SSSR count). The van der Waals surface area contributed by atoms with Crippen LogP contribution in [0.15, 0.2) is 30.5 Å². The molecule has 0 spiro atoms. The number of para-hydroxylation sites is 1. The summed E-state index contributed by atoms with van der Waals surface area (Å²) in [5.41, 5.74) is 2.82. The summed E-state index contributed by atoms with van der Waals surface area (Å²) in [5.74, 6) is 0.554. The molecule has 0 atom stereocenters. The highest BCUT2D eigenvalue weighted by Crippen LogP contribution is 2.22. The molecule has 1 aliphatic heterocycles. The number of rotatable bonds is 3.